The van der Waals surface area contributed by atoms with E-state index < -0.39 is 0 Å². The van der Waals surface area contributed by atoms with Gasteiger partial charge in [0.25, 0.3) is 0 Å². The molecule has 1 aromatic rings. The third kappa shape index (κ3) is 4.36. The van der Waals surface area contributed by atoms with E-state index in [9.17, 15) is 0 Å². The molecule has 1 aromatic carbocycles. The summed E-state index contributed by atoms with van der Waals surface area (Å²) in [6, 6.07) is 6.21. The largest absolute Gasteiger partial charge is 0.310 e. The van der Waals surface area contributed by atoms with E-state index in [0.717, 1.165) is 35.2 Å². The lowest BCUT2D eigenvalue weighted by Gasteiger charge is -2.41. The zero-order chi connectivity index (χ0) is 14.8. The summed E-state index contributed by atoms with van der Waals surface area (Å²) in [5.41, 5.74) is 1.36. The molecule has 1 saturated heterocycles. The van der Waals surface area contributed by atoms with Gasteiger partial charge in [0.2, 0.25) is 0 Å². The second-order valence-electron chi connectivity index (χ2n) is 6.55. The van der Waals surface area contributed by atoms with Crippen molar-refractivity contribution in [2.75, 3.05) is 13.1 Å². The molecule has 2 rings (SSSR count). The molecule has 0 atom stereocenters. The van der Waals surface area contributed by atoms with Crippen LogP contribution in [0.15, 0.2) is 18.2 Å². The lowest BCUT2D eigenvalue weighted by molar-refractivity contribution is 0.0960. The van der Waals surface area contributed by atoms with Crippen molar-refractivity contribution in [1.82, 2.24) is 10.2 Å². The Hall–Kier alpha value is -0.280. The Morgan fingerprint density at radius 2 is 1.85 bits per heavy atom. The van der Waals surface area contributed by atoms with Gasteiger partial charge in [0.1, 0.15) is 0 Å². The SMILES string of the molecule is CC(C)(C)N1CCC(NCc2cc(Cl)ccc2Cl)CC1. The molecule has 0 aromatic heterocycles. The van der Waals surface area contributed by atoms with Gasteiger partial charge < -0.3 is 5.32 Å². The van der Waals surface area contributed by atoms with Gasteiger partial charge in [-0.15, -0.1) is 0 Å². The fourth-order valence-electron chi connectivity index (χ4n) is 2.69. The minimum atomic E-state index is 0.279. The Kier molecular flexibility index (Phi) is 5.36. The molecule has 0 unspecified atom stereocenters. The monoisotopic (exact) mass is 314 g/mol. The summed E-state index contributed by atoms with van der Waals surface area (Å²) >= 11 is 12.2. The number of likely N-dealkylation sites (tertiary alicyclic amines) is 1. The molecule has 0 aliphatic carbocycles. The summed E-state index contributed by atoms with van der Waals surface area (Å²) in [5, 5.41) is 5.14. The molecule has 0 saturated carbocycles. The topological polar surface area (TPSA) is 15.3 Å². The van der Waals surface area contributed by atoms with Crippen LogP contribution in [0.5, 0.6) is 0 Å². The van der Waals surface area contributed by atoms with Crippen molar-refractivity contribution in [3.05, 3.63) is 33.8 Å². The van der Waals surface area contributed by atoms with E-state index in [1.165, 1.54) is 12.8 Å². The maximum absolute atomic E-state index is 6.19. The van der Waals surface area contributed by atoms with Crippen LogP contribution in [-0.4, -0.2) is 29.6 Å². The number of hydrogen-bond acceptors (Lipinski definition) is 2. The first kappa shape index (κ1) is 16.1. The van der Waals surface area contributed by atoms with E-state index in [1.54, 1.807) is 0 Å². The van der Waals surface area contributed by atoms with E-state index in [0.29, 0.717) is 6.04 Å². The number of halogens is 2. The van der Waals surface area contributed by atoms with Gasteiger partial charge in [-0.2, -0.15) is 0 Å². The Bertz CT molecular complexity index is 446. The zero-order valence-corrected chi connectivity index (χ0v) is 14.1. The van der Waals surface area contributed by atoms with Crippen molar-refractivity contribution in [3.63, 3.8) is 0 Å². The van der Waals surface area contributed by atoms with E-state index in [4.69, 9.17) is 23.2 Å². The van der Waals surface area contributed by atoms with Crippen LogP contribution in [0.4, 0.5) is 0 Å². The number of benzene rings is 1. The molecule has 4 heteroatoms. The Labute approximate surface area is 132 Å². The maximum Gasteiger partial charge on any atom is 0.0451 e. The zero-order valence-electron chi connectivity index (χ0n) is 12.5. The van der Waals surface area contributed by atoms with E-state index in [2.05, 4.69) is 31.0 Å². The van der Waals surface area contributed by atoms with Crippen molar-refractivity contribution in [2.24, 2.45) is 0 Å². The van der Waals surface area contributed by atoms with Crippen LogP contribution in [0.2, 0.25) is 10.0 Å². The Balaban J connectivity index is 1.83. The smallest absolute Gasteiger partial charge is 0.0451 e. The van der Waals surface area contributed by atoms with Crippen LogP contribution < -0.4 is 5.32 Å². The van der Waals surface area contributed by atoms with Gasteiger partial charge in [0.05, 0.1) is 0 Å². The fourth-order valence-corrected chi connectivity index (χ4v) is 3.07. The Morgan fingerprint density at radius 3 is 2.45 bits per heavy atom. The van der Waals surface area contributed by atoms with Gasteiger partial charge in [0.15, 0.2) is 0 Å². The molecule has 0 radical (unpaired) electrons. The van der Waals surface area contributed by atoms with Crippen molar-refractivity contribution in [1.29, 1.82) is 0 Å². The summed E-state index contributed by atoms with van der Waals surface area (Å²) < 4.78 is 0. The maximum atomic E-state index is 6.19. The van der Waals surface area contributed by atoms with Crippen molar-refractivity contribution in [2.45, 2.75) is 51.7 Å². The van der Waals surface area contributed by atoms with E-state index in [-0.39, 0.29) is 5.54 Å². The first-order chi connectivity index (χ1) is 9.36. The van der Waals surface area contributed by atoms with Crippen LogP contribution in [0.1, 0.15) is 39.2 Å². The summed E-state index contributed by atoms with van der Waals surface area (Å²) in [4.78, 5) is 2.55. The predicted octanol–water partition coefficient (Wildman–Crippen LogP) is 4.35. The first-order valence-corrected chi connectivity index (χ1v) is 8.04. The third-order valence-corrected chi connectivity index (χ3v) is 4.64. The molecular weight excluding hydrogens is 291 g/mol. The quantitative estimate of drug-likeness (QED) is 0.892. The fraction of sp³-hybridized carbons (Fsp3) is 0.625. The standard InChI is InChI=1S/C16H24Cl2N2/c1-16(2,3)20-8-6-14(7-9-20)19-11-12-10-13(17)4-5-15(12)18/h4-5,10,14,19H,6-9,11H2,1-3H3. The first-order valence-electron chi connectivity index (χ1n) is 7.28. The van der Waals surface area contributed by atoms with Gasteiger partial charge in [-0.1, -0.05) is 23.2 Å². The molecule has 0 spiro atoms. The molecule has 0 amide bonds. The molecular formula is C16H24Cl2N2. The third-order valence-electron chi connectivity index (χ3n) is 4.03. The molecule has 1 fully saturated rings. The number of hydrogen-bond donors (Lipinski definition) is 1. The van der Waals surface area contributed by atoms with Gasteiger partial charge >= 0.3 is 0 Å². The number of nitrogens with one attached hydrogen (secondary N) is 1. The van der Waals surface area contributed by atoms with Crippen LogP contribution >= 0.6 is 23.2 Å². The van der Waals surface area contributed by atoms with Crippen molar-refractivity contribution < 1.29 is 0 Å². The minimum absolute atomic E-state index is 0.279. The molecule has 2 nitrogen and oxygen atoms in total. The summed E-state index contributed by atoms with van der Waals surface area (Å²) in [6.45, 7) is 9.96. The summed E-state index contributed by atoms with van der Waals surface area (Å²) in [5.74, 6) is 0. The predicted molar refractivity (Wildman–Crippen MR) is 87.6 cm³/mol. The molecule has 1 N–H and O–H groups in total. The molecule has 20 heavy (non-hydrogen) atoms. The van der Waals surface area contributed by atoms with E-state index >= 15 is 0 Å². The van der Waals surface area contributed by atoms with Crippen molar-refractivity contribution in [3.8, 4) is 0 Å². The number of rotatable bonds is 3. The molecule has 0 bridgehead atoms. The lowest BCUT2D eigenvalue weighted by Crippen LogP contribution is -2.49. The summed E-state index contributed by atoms with van der Waals surface area (Å²) in [6.07, 6.45) is 2.38. The van der Waals surface area contributed by atoms with Crippen LogP contribution in [0, 0.1) is 0 Å². The second kappa shape index (κ2) is 6.65. The highest BCUT2D eigenvalue weighted by atomic mass is 35.5. The molecule has 1 aliphatic rings. The molecule has 112 valence electrons. The van der Waals surface area contributed by atoms with Crippen molar-refractivity contribution >= 4 is 23.2 Å². The average molecular weight is 315 g/mol. The highest BCUT2D eigenvalue weighted by Gasteiger charge is 2.26. The second-order valence-corrected chi connectivity index (χ2v) is 7.39. The van der Waals surface area contributed by atoms with Crippen LogP contribution in [0.25, 0.3) is 0 Å². The van der Waals surface area contributed by atoms with E-state index in [1.807, 2.05) is 18.2 Å². The molecule has 1 aliphatic heterocycles. The number of piperidine rings is 1. The number of nitrogens with zero attached hydrogens (tertiary/aromatic N) is 1. The van der Waals surface area contributed by atoms with Gasteiger partial charge in [0, 0.05) is 41.3 Å². The van der Waals surface area contributed by atoms with Gasteiger partial charge in [-0.25, -0.2) is 0 Å². The molecule has 1 heterocycles. The average Bonchev–Trinajstić information content (AvgIpc) is 2.39. The lowest BCUT2D eigenvalue weighted by atomic mass is 9.98. The van der Waals surface area contributed by atoms with Crippen LogP contribution in [-0.2, 0) is 6.54 Å². The Morgan fingerprint density at radius 1 is 1.20 bits per heavy atom. The highest BCUT2D eigenvalue weighted by Crippen LogP contribution is 2.23. The van der Waals surface area contributed by atoms with Crippen LogP contribution in [0.3, 0.4) is 0 Å². The van der Waals surface area contributed by atoms with Gasteiger partial charge in [-0.05, 0) is 57.4 Å². The minimum Gasteiger partial charge on any atom is -0.310 e. The summed E-state index contributed by atoms with van der Waals surface area (Å²) in [7, 11) is 0. The highest BCUT2D eigenvalue weighted by molar-refractivity contribution is 6.33. The normalized spacial score (nSPS) is 18.4. The van der Waals surface area contributed by atoms with Gasteiger partial charge in [-0.3, -0.25) is 4.90 Å².